The molecule has 1 fully saturated rings. The van der Waals surface area contributed by atoms with Crippen LogP contribution in [0.25, 0.3) is 0 Å². The Hall–Kier alpha value is -1.57. The van der Waals surface area contributed by atoms with E-state index < -0.39 is 0 Å². The molecule has 1 aromatic carbocycles. The van der Waals surface area contributed by atoms with Crippen LogP contribution >= 0.6 is 23.1 Å². The van der Waals surface area contributed by atoms with Gasteiger partial charge in [0.15, 0.2) is 0 Å². The summed E-state index contributed by atoms with van der Waals surface area (Å²) in [4.78, 5) is 16.4. The molecule has 3 rings (SSSR count). The highest BCUT2D eigenvalue weighted by molar-refractivity contribution is 8.00. The lowest BCUT2D eigenvalue weighted by molar-refractivity contribution is -0.0110. The number of anilines is 1. The summed E-state index contributed by atoms with van der Waals surface area (Å²) in [5.74, 6) is 0.580. The van der Waals surface area contributed by atoms with Crippen LogP contribution in [-0.4, -0.2) is 36.5 Å². The lowest BCUT2D eigenvalue weighted by Gasteiger charge is -2.22. The molecule has 0 saturated carbocycles. The largest absolute Gasteiger partial charge is 0.491 e. The van der Waals surface area contributed by atoms with Crippen molar-refractivity contribution in [3.63, 3.8) is 0 Å². The zero-order chi connectivity index (χ0) is 16.8. The van der Waals surface area contributed by atoms with Crippen LogP contribution in [0.2, 0.25) is 0 Å². The fraction of sp³-hybridized carbons (Fsp3) is 0.412. The summed E-state index contributed by atoms with van der Waals surface area (Å²) >= 11 is 3.00. The summed E-state index contributed by atoms with van der Waals surface area (Å²) in [7, 11) is 0. The van der Waals surface area contributed by atoms with Gasteiger partial charge in [-0.15, -0.1) is 11.3 Å². The minimum Gasteiger partial charge on any atom is -0.491 e. The van der Waals surface area contributed by atoms with Gasteiger partial charge in [0.25, 0.3) is 5.91 Å². The maximum absolute atomic E-state index is 12.1. The van der Waals surface area contributed by atoms with Gasteiger partial charge in [-0.05, 0) is 49.8 Å². The Labute approximate surface area is 149 Å². The van der Waals surface area contributed by atoms with Gasteiger partial charge in [-0.3, -0.25) is 4.79 Å². The highest BCUT2D eigenvalue weighted by Gasteiger charge is 2.14. The highest BCUT2D eigenvalue weighted by Crippen LogP contribution is 2.22. The van der Waals surface area contributed by atoms with Gasteiger partial charge in [0.1, 0.15) is 22.4 Å². The fourth-order valence-corrected chi connectivity index (χ4v) is 3.66. The van der Waals surface area contributed by atoms with Crippen molar-refractivity contribution >= 4 is 34.7 Å². The molecule has 1 atom stereocenters. The van der Waals surface area contributed by atoms with Crippen molar-refractivity contribution in [3.8, 4) is 5.75 Å². The molecule has 5 nitrogen and oxygen atoms in total. The van der Waals surface area contributed by atoms with E-state index in [-0.39, 0.29) is 12.0 Å². The maximum Gasteiger partial charge on any atom is 0.275 e. The molecule has 1 aromatic heterocycles. The quantitative estimate of drug-likeness (QED) is 0.783. The molecule has 2 heterocycles. The van der Waals surface area contributed by atoms with Crippen LogP contribution in [0, 0.1) is 0 Å². The molecule has 1 saturated heterocycles. The normalized spacial score (nSPS) is 17.5. The van der Waals surface area contributed by atoms with Crippen molar-refractivity contribution in [1.29, 1.82) is 0 Å². The topological polar surface area (TPSA) is 60.5 Å². The van der Waals surface area contributed by atoms with Crippen molar-refractivity contribution < 1.29 is 14.3 Å². The van der Waals surface area contributed by atoms with Crippen LogP contribution in [0.15, 0.2) is 34.0 Å². The Morgan fingerprint density at radius 1 is 1.42 bits per heavy atom. The van der Waals surface area contributed by atoms with Gasteiger partial charge >= 0.3 is 0 Å². The lowest BCUT2D eigenvalue weighted by atomic mass is 10.1. The minimum atomic E-state index is -0.198. The van der Waals surface area contributed by atoms with E-state index in [9.17, 15) is 4.79 Å². The van der Waals surface area contributed by atoms with Gasteiger partial charge in [0, 0.05) is 17.7 Å². The second kappa shape index (κ2) is 8.50. The Morgan fingerprint density at radius 2 is 2.25 bits per heavy atom. The molecule has 128 valence electrons. The predicted octanol–water partition coefficient (Wildman–Crippen LogP) is 4.07. The third-order valence-corrected chi connectivity index (χ3v) is 5.58. The number of carbonyl (C=O) groups is 1. The summed E-state index contributed by atoms with van der Waals surface area (Å²) < 4.78 is 12.3. The van der Waals surface area contributed by atoms with Gasteiger partial charge in [-0.1, -0.05) is 11.8 Å². The zero-order valence-corrected chi connectivity index (χ0v) is 15.1. The second-order valence-corrected chi connectivity index (χ2v) is 7.39. The summed E-state index contributed by atoms with van der Waals surface area (Å²) in [5.41, 5.74) is 1.17. The number of benzene rings is 1. The molecule has 1 amide bonds. The first-order valence-electron chi connectivity index (χ1n) is 7.90. The van der Waals surface area contributed by atoms with E-state index in [1.165, 1.54) is 29.5 Å². The summed E-state index contributed by atoms with van der Waals surface area (Å²) in [5, 5.41) is 4.61. The number of hydrogen-bond donors (Lipinski definition) is 1. The molecule has 1 unspecified atom stereocenters. The van der Waals surface area contributed by atoms with E-state index in [1.54, 1.807) is 5.38 Å². The molecule has 0 radical (unpaired) electrons. The lowest BCUT2D eigenvalue weighted by Crippen LogP contribution is -2.25. The Kier molecular flexibility index (Phi) is 6.12. The molecule has 0 spiro atoms. The smallest absolute Gasteiger partial charge is 0.275 e. The van der Waals surface area contributed by atoms with Gasteiger partial charge in [-0.25, -0.2) is 4.98 Å². The number of nitrogens with zero attached hydrogens (tertiary/aromatic N) is 1. The molecule has 1 aliphatic heterocycles. The SMILES string of the molecule is CSc1nc(C(=O)Nc2ccc(OCC3CCCCO3)cc2)cs1. The fourth-order valence-electron chi connectivity index (χ4n) is 2.41. The first kappa shape index (κ1) is 17.3. The summed E-state index contributed by atoms with van der Waals surface area (Å²) in [6.45, 7) is 1.40. The number of ether oxygens (including phenoxy) is 2. The maximum atomic E-state index is 12.1. The predicted molar refractivity (Wildman–Crippen MR) is 97.4 cm³/mol. The standard InChI is InChI=1S/C17H20N2O3S2/c1-23-17-19-15(11-24-17)16(20)18-12-5-7-13(8-6-12)22-10-14-4-2-3-9-21-14/h5-8,11,14H,2-4,9-10H2,1H3,(H,18,20). The van der Waals surface area contributed by atoms with Crippen molar-refractivity contribution in [3.05, 3.63) is 35.3 Å². The van der Waals surface area contributed by atoms with Gasteiger partial charge < -0.3 is 14.8 Å². The van der Waals surface area contributed by atoms with Gasteiger partial charge in [0.05, 0.1) is 6.10 Å². The highest BCUT2D eigenvalue weighted by atomic mass is 32.2. The number of thioether (sulfide) groups is 1. The molecule has 0 aliphatic carbocycles. The molecule has 2 aromatic rings. The number of thiazole rings is 1. The number of aromatic nitrogens is 1. The number of carbonyl (C=O) groups excluding carboxylic acids is 1. The van der Waals surface area contributed by atoms with Crippen LogP contribution in [0.4, 0.5) is 5.69 Å². The van der Waals surface area contributed by atoms with Crippen molar-refractivity contribution in [2.24, 2.45) is 0 Å². The Morgan fingerprint density at radius 3 is 2.92 bits per heavy atom. The van der Waals surface area contributed by atoms with E-state index in [4.69, 9.17) is 9.47 Å². The van der Waals surface area contributed by atoms with E-state index >= 15 is 0 Å². The molecule has 1 aliphatic rings. The zero-order valence-electron chi connectivity index (χ0n) is 13.5. The van der Waals surface area contributed by atoms with Gasteiger partial charge in [0.2, 0.25) is 0 Å². The second-order valence-electron chi connectivity index (χ2n) is 5.48. The van der Waals surface area contributed by atoms with Crippen LogP contribution in [0.3, 0.4) is 0 Å². The van der Waals surface area contributed by atoms with E-state index in [0.717, 1.165) is 35.2 Å². The monoisotopic (exact) mass is 364 g/mol. The summed E-state index contributed by atoms with van der Waals surface area (Å²) in [6.07, 6.45) is 5.53. The first-order chi connectivity index (χ1) is 11.7. The molecule has 0 bridgehead atoms. The van der Waals surface area contributed by atoms with Crippen molar-refractivity contribution in [2.45, 2.75) is 29.7 Å². The number of amides is 1. The Bertz CT molecular complexity index is 667. The van der Waals surface area contributed by atoms with Crippen LogP contribution < -0.4 is 10.1 Å². The number of rotatable bonds is 6. The van der Waals surface area contributed by atoms with E-state index in [1.807, 2.05) is 30.5 Å². The van der Waals surface area contributed by atoms with Gasteiger partial charge in [-0.2, -0.15) is 0 Å². The van der Waals surface area contributed by atoms with Crippen LogP contribution in [0.1, 0.15) is 29.8 Å². The summed E-state index contributed by atoms with van der Waals surface area (Å²) in [6, 6.07) is 7.37. The van der Waals surface area contributed by atoms with Crippen molar-refractivity contribution in [2.75, 3.05) is 24.8 Å². The molecular weight excluding hydrogens is 344 g/mol. The number of hydrogen-bond acceptors (Lipinski definition) is 6. The first-order valence-corrected chi connectivity index (χ1v) is 10.0. The number of nitrogens with one attached hydrogen (secondary N) is 1. The van der Waals surface area contributed by atoms with Crippen molar-refractivity contribution in [1.82, 2.24) is 4.98 Å². The molecule has 1 N–H and O–H groups in total. The van der Waals surface area contributed by atoms with Crippen LogP contribution in [0.5, 0.6) is 5.75 Å². The third-order valence-electron chi connectivity index (χ3n) is 3.71. The molecule has 24 heavy (non-hydrogen) atoms. The van der Waals surface area contributed by atoms with E-state index in [2.05, 4.69) is 10.3 Å². The molecule has 7 heteroatoms. The Balaban J connectivity index is 1.51. The van der Waals surface area contributed by atoms with Crippen LogP contribution in [-0.2, 0) is 4.74 Å². The molecular formula is C17H20N2O3S2. The average Bonchev–Trinajstić information content (AvgIpc) is 3.11. The minimum absolute atomic E-state index is 0.188. The van der Waals surface area contributed by atoms with E-state index in [0.29, 0.717) is 12.3 Å². The third kappa shape index (κ3) is 4.72. The average molecular weight is 364 g/mol.